The van der Waals surface area contributed by atoms with E-state index < -0.39 is 0 Å². The minimum Gasteiger partial charge on any atom is -0.346 e. The number of nitrogens with one attached hydrogen (secondary N) is 2. The van der Waals surface area contributed by atoms with Crippen LogP contribution < -0.4 is 5.32 Å². The van der Waals surface area contributed by atoms with Gasteiger partial charge < -0.3 is 9.88 Å². The van der Waals surface area contributed by atoms with E-state index in [1.54, 1.807) is 6.20 Å². The molecule has 6 nitrogen and oxygen atoms in total. The third-order valence-corrected chi connectivity index (χ3v) is 4.12. The van der Waals surface area contributed by atoms with Crippen molar-refractivity contribution in [2.75, 3.05) is 13.1 Å². The molecule has 0 radical (unpaired) electrons. The number of amides is 1. The fourth-order valence-electron chi connectivity index (χ4n) is 2.96. The second kappa shape index (κ2) is 7.68. The number of piperidine rings is 1. The van der Waals surface area contributed by atoms with Gasteiger partial charge in [0.1, 0.15) is 11.3 Å². The van der Waals surface area contributed by atoms with E-state index in [1.165, 1.54) is 6.42 Å². The zero-order chi connectivity index (χ0) is 14.9. The molecule has 2 aliphatic heterocycles. The molecule has 0 atom stereocenters. The normalized spacial score (nSPS) is 18.8. The van der Waals surface area contributed by atoms with Crippen LogP contribution in [0.25, 0.3) is 17.1 Å². The van der Waals surface area contributed by atoms with Crippen LogP contribution in [0.1, 0.15) is 24.8 Å². The average molecular weight is 368 g/mol. The van der Waals surface area contributed by atoms with Crippen molar-refractivity contribution in [3.8, 4) is 0 Å². The molecular formula is C16H19Cl2N5O. The Kier molecular flexibility index (Phi) is 5.85. The van der Waals surface area contributed by atoms with Gasteiger partial charge in [-0.1, -0.05) is 0 Å². The molecule has 1 amide bonds. The lowest BCUT2D eigenvalue weighted by Gasteiger charge is -2.27. The largest absolute Gasteiger partial charge is 0.346 e. The SMILES string of the molecule is Cl.Cl.O=C1NC(N2CCCCC2)=NC1=Cc1c[nH]c2ncccc12. The van der Waals surface area contributed by atoms with Crippen molar-refractivity contribution in [2.24, 2.45) is 4.99 Å². The number of aromatic amines is 1. The summed E-state index contributed by atoms with van der Waals surface area (Å²) in [6, 6.07) is 3.86. The van der Waals surface area contributed by atoms with E-state index in [9.17, 15) is 4.79 Å². The molecule has 0 spiro atoms. The third-order valence-electron chi connectivity index (χ3n) is 4.12. The highest BCUT2D eigenvalue weighted by Crippen LogP contribution is 2.21. The summed E-state index contributed by atoms with van der Waals surface area (Å²) in [7, 11) is 0. The highest BCUT2D eigenvalue weighted by atomic mass is 35.5. The van der Waals surface area contributed by atoms with Crippen molar-refractivity contribution < 1.29 is 4.79 Å². The summed E-state index contributed by atoms with van der Waals surface area (Å²) in [6.07, 6.45) is 8.97. The molecule has 0 saturated carbocycles. The number of halogens is 2. The molecule has 24 heavy (non-hydrogen) atoms. The van der Waals surface area contributed by atoms with Crippen LogP contribution in [0.5, 0.6) is 0 Å². The first-order valence-electron chi connectivity index (χ1n) is 7.60. The summed E-state index contributed by atoms with van der Waals surface area (Å²) in [5.41, 5.74) is 2.19. The van der Waals surface area contributed by atoms with Crippen molar-refractivity contribution >= 4 is 53.8 Å². The summed E-state index contributed by atoms with van der Waals surface area (Å²) < 4.78 is 0. The number of nitrogens with zero attached hydrogens (tertiary/aromatic N) is 3. The van der Waals surface area contributed by atoms with Crippen LogP contribution in [0.15, 0.2) is 35.2 Å². The minimum atomic E-state index is -0.140. The number of rotatable bonds is 1. The molecule has 2 aliphatic rings. The molecule has 1 saturated heterocycles. The highest BCUT2D eigenvalue weighted by Gasteiger charge is 2.25. The van der Waals surface area contributed by atoms with Crippen molar-refractivity contribution in [1.82, 2.24) is 20.2 Å². The second-order valence-corrected chi connectivity index (χ2v) is 5.61. The number of aromatic nitrogens is 2. The summed E-state index contributed by atoms with van der Waals surface area (Å²) in [6.45, 7) is 1.92. The van der Waals surface area contributed by atoms with Crippen LogP contribution in [0.4, 0.5) is 0 Å². The standard InChI is InChI=1S/C16H17N5O.2ClH/c22-15-13(19-16(20-15)21-7-2-1-3-8-21)9-11-10-18-14-12(11)5-4-6-17-14;;/h4-6,9-10H,1-3,7-8H2,(H,17,18)(H,19,20,22);2*1H. The van der Waals surface area contributed by atoms with Crippen molar-refractivity contribution in [3.63, 3.8) is 0 Å². The van der Waals surface area contributed by atoms with Gasteiger partial charge in [0.15, 0.2) is 0 Å². The van der Waals surface area contributed by atoms with Gasteiger partial charge in [-0.15, -0.1) is 24.8 Å². The Morgan fingerprint density at radius 1 is 1.17 bits per heavy atom. The number of carbonyl (C=O) groups excluding carboxylic acids is 1. The number of fused-ring (bicyclic) bond motifs is 1. The Morgan fingerprint density at radius 2 is 1.96 bits per heavy atom. The number of hydrogen-bond donors (Lipinski definition) is 2. The van der Waals surface area contributed by atoms with Gasteiger partial charge in [-0.25, -0.2) is 9.98 Å². The average Bonchev–Trinajstić information content (AvgIpc) is 3.13. The van der Waals surface area contributed by atoms with E-state index >= 15 is 0 Å². The zero-order valence-electron chi connectivity index (χ0n) is 13.0. The van der Waals surface area contributed by atoms with Crippen LogP contribution in [-0.4, -0.2) is 39.8 Å². The Bertz CT molecular complexity index is 793. The first-order chi connectivity index (χ1) is 10.8. The Balaban J connectivity index is 0.00000104. The van der Waals surface area contributed by atoms with Crippen LogP contribution in [0, 0.1) is 0 Å². The number of aliphatic imine (C=N–C) groups is 1. The Hall–Kier alpha value is -2.05. The second-order valence-electron chi connectivity index (χ2n) is 5.61. The van der Waals surface area contributed by atoms with E-state index in [4.69, 9.17) is 0 Å². The zero-order valence-corrected chi connectivity index (χ0v) is 14.6. The summed E-state index contributed by atoms with van der Waals surface area (Å²) in [4.78, 5) is 26.1. The number of likely N-dealkylation sites (tertiary alicyclic amines) is 1. The van der Waals surface area contributed by atoms with Gasteiger partial charge in [-0.05, 0) is 37.5 Å². The molecule has 0 bridgehead atoms. The first kappa shape index (κ1) is 18.3. The van der Waals surface area contributed by atoms with Gasteiger partial charge in [-0.3, -0.25) is 10.1 Å². The molecule has 4 rings (SSSR count). The Morgan fingerprint density at radius 3 is 2.75 bits per heavy atom. The lowest BCUT2D eigenvalue weighted by molar-refractivity contribution is -0.115. The molecule has 1 fully saturated rings. The quantitative estimate of drug-likeness (QED) is 0.761. The maximum absolute atomic E-state index is 12.1. The lowest BCUT2D eigenvalue weighted by Crippen LogP contribution is -2.43. The molecule has 0 aliphatic carbocycles. The monoisotopic (exact) mass is 367 g/mol. The molecule has 128 valence electrons. The predicted molar refractivity (Wildman–Crippen MR) is 99.6 cm³/mol. The van der Waals surface area contributed by atoms with Crippen LogP contribution in [-0.2, 0) is 4.79 Å². The van der Waals surface area contributed by atoms with Crippen molar-refractivity contribution in [2.45, 2.75) is 19.3 Å². The summed E-state index contributed by atoms with van der Waals surface area (Å²) in [5, 5.41) is 3.87. The van der Waals surface area contributed by atoms with E-state index in [0.717, 1.165) is 42.5 Å². The summed E-state index contributed by atoms with van der Waals surface area (Å²) in [5.74, 6) is 0.549. The lowest BCUT2D eigenvalue weighted by atomic mass is 10.1. The highest BCUT2D eigenvalue weighted by molar-refractivity contribution is 6.14. The van der Waals surface area contributed by atoms with Gasteiger partial charge >= 0.3 is 0 Å². The summed E-state index contributed by atoms with van der Waals surface area (Å²) >= 11 is 0. The molecule has 2 N–H and O–H groups in total. The topological polar surface area (TPSA) is 73.4 Å². The molecule has 4 heterocycles. The first-order valence-corrected chi connectivity index (χ1v) is 7.60. The minimum absolute atomic E-state index is 0. The fraction of sp³-hybridized carbons (Fsp3) is 0.312. The molecule has 0 unspecified atom stereocenters. The van der Waals surface area contributed by atoms with Gasteiger partial charge in [0.2, 0.25) is 5.96 Å². The molecule has 0 aromatic carbocycles. The van der Waals surface area contributed by atoms with Gasteiger partial charge in [0.25, 0.3) is 5.91 Å². The number of H-pyrrole nitrogens is 1. The fourth-order valence-corrected chi connectivity index (χ4v) is 2.96. The third kappa shape index (κ3) is 3.39. The predicted octanol–water partition coefficient (Wildman–Crippen LogP) is 2.72. The van der Waals surface area contributed by atoms with Crippen molar-refractivity contribution in [3.05, 3.63) is 35.8 Å². The van der Waals surface area contributed by atoms with Crippen LogP contribution in [0.3, 0.4) is 0 Å². The maximum Gasteiger partial charge on any atom is 0.276 e. The van der Waals surface area contributed by atoms with E-state index in [2.05, 4.69) is 25.2 Å². The van der Waals surface area contributed by atoms with E-state index in [1.807, 2.05) is 24.4 Å². The van der Waals surface area contributed by atoms with E-state index in [0.29, 0.717) is 11.7 Å². The van der Waals surface area contributed by atoms with Crippen molar-refractivity contribution in [1.29, 1.82) is 0 Å². The smallest absolute Gasteiger partial charge is 0.276 e. The number of guanidine groups is 1. The van der Waals surface area contributed by atoms with Gasteiger partial charge in [-0.2, -0.15) is 0 Å². The Labute approximate surface area is 152 Å². The molecule has 2 aromatic heterocycles. The number of pyridine rings is 1. The molecule has 2 aromatic rings. The molecular weight excluding hydrogens is 349 g/mol. The number of hydrogen-bond acceptors (Lipinski definition) is 4. The van der Waals surface area contributed by atoms with Crippen LogP contribution >= 0.6 is 24.8 Å². The van der Waals surface area contributed by atoms with Crippen LogP contribution in [0.2, 0.25) is 0 Å². The number of carbonyl (C=O) groups is 1. The molecule has 8 heteroatoms. The van der Waals surface area contributed by atoms with Gasteiger partial charge in [0, 0.05) is 36.4 Å². The van der Waals surface area contributed by atoms with Gasteiger partial charge in [0.05, 0.1) is 0 Å². The maximum atomic E-state index is 12.1. The van der Waals surface area contributed by atoms with E-state index in [-0.39, 0.29) is 30.7 Å².